The van der Waals surface area contributed by atoms with Crippen molar-refractivity contribution in [1.82, 2.24) is 0 Å². The number of ether oxygens (including phenoxy) is 1. The standard InChI is InChI=1S/C19H38O2/c1-2-3-4-11-14-18(20)15-12-9-7-5-6-8-10-13-16-19-17-21-19/h18-20H,2-17H2,1H3. The second-order valence-electron chi connectivity index (χ2n) is 6.86. The Kier molecular flexibility index (Phi) is 12.3. The summed E-state index contributed by atoms with van der Waals surface area (Å²) in [6, 6.07) is 0. The molecule has 2 heteroatoms. The Morgan fingerprint density at radius 3 is 1.81 bits per heavy atom. The van der Waals surface area contributed by atoms with E-state index >= 15 is 0 Å². The molecule has 2 atom stereocenters. The zero-order valence-electron chi connectivity index (χ0n) is 14.3. The number of rotatable bonds is 16. The van der Waals surface area contributed by atoms with Gasteiger partial charge in [0, 0.05) is 0 Å². The van der Waals surface area contributed by atoms with Gasteiger partial charge in [0.1, 0.15) is 0 Å². The SMILES string of the molecule is CCCCCCC(O)CCCCCCCCCCC1CO1. The van der Waals surface area contributed by atoms with Crippen LogP contribution in [0.4, 0.5) is 0 Å². The molecule has 126 valence electrons. The first-order chi connectivity index (χ1) is 10.3. The summed E-state index contributed by atoms with van der Waals surface area (Å²) in [5, 5.41) is 9.89. The van der Waals surface area contributed by atoms with E-state index in [2.05, 4.69) is 6.92 Å². The summed E-state index contributed by atoms with van der Waals surface area (Å²) < 4.78 is 5.22. The topological polar surface area (TPSA) is 32.8 Å². The normalized spacial score (nSPS) is 18.9. The number of hydrogen-bond acceptors (Lipinski definition) is 2. The Balaban J connectivity index is 1.69. The van der Waals surface area contributed by atoms with Gasteiger partial charge in [0.2, 0.25) is 0 Å². The number of aliphatic hydroxyl groups excluding tert-OH is 1. The van der Waals surface area contributed by atoms with Crippen LogP contribution in [0, 0.1) is 0 Å². The Bertz CT molecular complexity index is 214. The molecule has 2 unspecified atom stereocenters. The van der Waals surface area contributed by atoms with Crippen LogP contribution in [0.15, 0.2) is 0 Å². The second-order valence-corrected chi connectivity index (χ2v) is 6.86. The fourth-order valence-corrected chi connectivity index (χ4v) is 3.00. The molecule has 1 fully saturated rings. The van der Waals surface area contributed by atoms with Crippen molar-refractivity contribution in [2.45, 2.75) is 115 Å². The highest BCUT2D eigenvalue weighted by Crippen LogP contribution is 2.18. The average Bonchev–Trinajstić information content (AvgIpc) is 3.30. The van der Waals surface area contributed by atoms with E-state index in [1.54, 1.807) is 0 Å². The molecule has 1 saturated heterocycles. The lowest BCUT2D eigenvalue weighted by molar-refractivity contribution is 0.147. The van der Waals surface area contributed by atoms with Crippen molar-refractivity contribution < 1.29 is 9.84 Å². The monoisotopic (exact) mass is 298 g/mol. The van der Waals surface area contributed by atoms with Crippen molar-refractivity contribution in [2.75, 3.05) is 6.61 Å². The van der Waals surface area contributed by atoms with Gasteiger partial charge in [-0.2, -0.15) is 0 Å². The summed E-state index contributed by atoms with van der Waals surface area (Å²) in [7, 11) is 0. The maximum absolute atomic E-state index is 9.89. The highest BCUT2D eigenvalue weighted by atomic mass is 16.6. The molecule has 0 radical (unpaired) electrons. The Hall–Kier alpha value is -0.0800. The predicted molar refractivity (Wildman–Crippen MR) is 90.7 cm³/mol. The third-order valence-electron chi connectivity index (χ3n) is 4.61. The largest absolute Gasteiger partial charge is 0.393 e. The minimum Gasteiger partial charge on any atom is -0.393 e. The highest BCUT2D eigenvalue weighted by Gasteiger charge is 2.20. The molecule has 0 saturated carbocycles. The first kappa shape index (κ1) is 19.0. The van der Waals surface area contributed by atoms with Gasteiger partial charge in [-0.15, -0.1) is 0 Å². The van der Waals surface area contributed by atoms with Crippen LogP contribution in [0.5, 0.6) is 0 Å². The van der Waals surface area contributed by atoms with Crippen molar-refractivity contribution >= 4 is 0 Å². The number of hydrogen-bond donors (Lipinski definition) is 1. The van der Waals surface area contributed by atoms with Crippen molar-refractivity contribution in [3.63, 3.8) is 0 Å². The number of unbranched alkanes of at least 4 members (excludes halogenated alkanes) is 10. The van der Waals surface area contributed by atoms with Gasteiger partial charge in [0.15, 0.2) is 0 Å². The van der Waals surface area contributed by atoms with Gasteiger partial charge in [0.05, 0.1) is 18.8 Å². The van der Waals surface area contributed by atoms with Gasteiger partial charge in [-0.25, -0.2) is 0 Å². The van der Waals surface area contributed by atoms with Crippen LogP contribution >= 0.6 is 0 Å². The first-order valence-electron chi connectivity index (χ1n) is 9.62. The maximum Gasteiger partial charge on any atom is 0.0810 e. The van der Waals surface area contributed by atoms with Gasteiger partial charge < -0.3 is 9.84 Å². The molecule has 21 heavy (non-hydrogen) atoms. The lowest BCUT2D eigenvalue weighted by atomic mass is 10.0. The summed E-state index contributed by atoms with van der Waals surface area (Å²) in [5.41, 5.74) is 0. The van der Waals surface area contributed by atoms with Gasteiger partial charge in [-0.3, -0.25) is 0 Å². The number of aliphatic hydroxyl groups is 1. The van der Waals surface area contributed by atoms with E-state index in [1.165, 1.54) is 83.5 Å². The zero-order chi connectivity index (χ0) is 15.2. The molecule has 0 aromatic carbocycles. The minimum absolute atomic E-state index is 0.0356. The molecule has 0 aromatic heterocycles. The fourth-order valence-electron chi connectivity index (χ4n) is 3.00. The van der Waals surface area contributed by atoms with E-state index in [9.17, 15) is 5.11 Å². The molecular weight excluding hydrogens is 260 g/mol. The van der Waals surface area contributed by atoms with Crippen molar-refractivity contribution in [3.05, 3.63) is 0 Å². The van der Waals surface area contributed by atoms with Gasteiger partial charge in [0.25, 0.3) is 0 Å². The zero-order valence-corrected chi connectivity index (χ0v) is 14.3. The first-order valence-corrected chi connectivity index (χ1v) is 9.62. The molecule has 1 N–H and O–H groups in total. The number of epoxide rings is 1. The van der Waals surface area contributed by atoms with Crippen molar-refractivity contribution in [3.8, 4) is 0 Å². The minimum atomic E-state index is -0.0356. The molecule has 1 rings (SSSR count). The van der Waals surface area contributed by atoms with Crippen LogP contribution in [0.2, 0.25) is 0 Å². The van der Waals surface area contributed by atoms with E-state index in [4.69, 9.17) is 4.74 Å². The molecule has 1 aliphatic rings. The predicted octanol–water partition coefficient (Wildman–Crippen LogP) is 5.62. The van der Waals surface area contributed by atoms with E-state index in [0.29, 0.717) is 6.10 Å². The van der Waals surface area contributed by atoms with Gasteiger partial charge >= 0.3 is 0 Å². The van der Waals surface area contributed by atoms with Crippen LogP contribution in [-0.2, 0) is 4.74 Å². The van der Waals surface area contributed by atoms with Crippen molar-refractivity contribution in [1.29, 1.82) is 0 Å². The average molecular weight is 299 g/mol. The van der Waals surface area contributed by atoms with Crippen LogP contribution in [0.25, 0.3) is 0 Å². The smallest absolute Gasteiger partial charge is 0.0810 e. The Morgan fingerprint density at radius 1 is 0.810 bits per heavy atom. The summed E-state index contributed by atoms with van der Waals surface area (Å²) in [6.07, 6.45) is 19.8. The molecular formula is C19H38O2. The van der Waals surface area contributed by atoms with Crippen LogP contribution in [0.1, 0.15) is 103 Å². The van der Waals surface area contributed by atoms with E-state index in [0.717, 1.165) is 19.4 Å². The molecule has 0 bridgehead atoms. The molecule has 0 aliphatic carbocycles. The van der Waals surface area contributed by atoms with Crippen molar-refractivity contribution in [2.24, 2.45) is 0 Å². The van der Waals surface area contributed by atoms with E-state index in [1.807, 2.05) is 0 Å². The summed E-state index contributed by atoms with van der Waals surface area (Å²) in [4.78, 5) is 0. The lowest BCUT2D eigenvalue weighted by Gasteiger charge is -2.10. The van der Waals surface area contributed by atoms with Crippen LogP contribution in [-0.4, -0.2) is 23.9 Å². The van der Waals surface area contributed by atoms with E-state index in [-0.39, 0.29) is 6.10 Å². The lowest BCUT2D eigenvalue weighted by Crippen LogP contribution is -2.05. The molecule has 2 nitrogen and oxygen atoms in total. The molecule has 1 aliphatic heterocycles. The quantitative estimate of drug-likeness (QED) is 0.296. The fraction of sp³-hybridized carbons (Fsp3) is 1.00. The van der Waals surface area contributed by atoms with Crippen LogP contribution < -0.4 is 0 Å². The van der Waals surface area contributed by atoms with E-state index < -0.39 is 0 Å². The van der Waals surface area contributed by atoms with Gasteiger partial charge in [-0.05, 0) is 19.3 Å². The summed E-state index contributed by atoms with van der Waals surface area (Å²) in [6.45, 7) is 3.25. The molecule has 0 amide bonds. The van der Waals surface area contributed by atoms with Gasteiger partial charge in [-0.1, -0.05) is 84.0 Å². The third kappa shape index (κ3) is 13.3. The molecule has 0 aromatic rings. The summed E-state index contributed by atoms with van der Waals surface area (Å²) in [5.74, 6) is 0. The Labute approximate surface area is 132 Å². The molecule has 1 heterocycles. The second kappa shape index (κ2) is 13.6. The summed E-state index contributed by atoms with van der Waals surface area (Å²) >= 11 is 0. The highest BCUT2D eigenvalue weighted by molar-refractivity contribution is 4.68. The Morgan fingerprint density at radius 2 is 1.29 bits per heavy atom. The molecule has 0 spiro atoms. The third-order valence-corrected chi connectivity index (χ3v) is 4.61. The maximum atomic E-state index is 9.89. The van der Waals surface area contributed by atoms with Crippen LogP contribution in [0.3, 0.4) is 0 Å².